The molecule has 0 aliphatic carbocycles. The Morgan fingerprint density at radius 3 is 2.83 bits per heavy atom. The number of nitrogens with zero attached hydrogens (tertiary/aromatic N) is 1. The fourth-order valence-electron chi connectivity index (χ4n) is 4.77. The summed E-state index contributed by atoms with van der Waals surface area (Å²) in [7, 11) is 0. The number of hydrogen-bond donors (Lipinski definition) is 3. The summed E-state index contributed by atoms with van der Waals surface area (Å²) in [5.74, 6) is -0.141. The summed E-state index contributed by atoms with van der Waals surface area (Å²) < 4.78 is 5.95. The minimum Gasteiger partial charge on any atom is -0.376 e. The van der Waals surface area contributed by atoms with Gasteiger partial charge in [-0.1, -0.05) is 12.1 Å². The quantitative estimate of drug-likeness (QED) is 0.600. The van der Waals surface area contributed by atoms with Crippen LogP contribution in [0.1, 0.15) is 40.7 Å². The molecule has 0 aromatic heterocycles. The van der Waals surface area contributed by atoms with Gasteiger partial charge in [0.05, 0.1) is 12.7 Å². The van der Waals surface area contributed by atoms with E-state index in [1.165, 1.54) is 0 Å². The third-order valence-electron chi connectivity index (χ3n) is 6.63. The molecule has 0 radical (unpaired) electrons. The molecule has 3 amide bonds. The zero-order chi connectivity index (χ0) is 20.0. The van der Waals surface area contributed by atoms with Gasteiger partial charge in [0.2, 0.25) is 11.8 Å². The lowest BCUT2D eigenvalue weighted by atomic mass is 9.93. The molecule has 4 heterocycles. The van der Waals surface area contributed by atoms with Crippen molar-refractivity contribution in [1.29, 1.82) is 0 Å². The van der Waals surface area contributed by atoms with E-state index < -0.39 is 6.04 Å². The molecule has 0 saturated carbocycles. The molecule has 3 saturated heterocycles. The van der Waals surface area contributed by atoms with Crippen molar-refractivity contribution in [1.82, 2.24) is 20.9 Å². The van der Waals surface area contributed by atoms with Gasteiger partial charge in [0.15, 0.2) is 0 Å². The van der Waals surface area contributed by atoms with Gasteiger partial charge in [-0.05, 0) is 30.0 Å². The Morgan fingerprint density at radius 2 is 2.07 bits per heavy atom. The average Bonchev–Trinajstić information content (AvgIpc) is 3.24. The maximum absolute atomic E-state index is 12.9. The van der Waals surface area contributed by atoms with Crippen LogP contribution in [0.25, 0.3) is 0 Å². The van der Waals surface area contributed by atoms with Crippen LogP contribution in [-0.4, -0.2) is 60.5 Å². The number of ether oxygens (including phenoxy) is 1. The lowest BCUT2D eigenvalue weighted by Crippen LogP contribution is -2.52. The lowest BCUT2D eigenvalue weighted by molar-refractivity contribution is -0.136. The highest BCUT2D eigenvalue weighted by molar-refractivity contribution is 6.05. The molecular formula is C21H26N4O4. The molecule has 0 spiro atoms. The normalized spacial score (nSPS) is 29.7. The Hall–Kier alpha value is -2.29. The molecule has 5 rings (SSSR count). The third-order valence-corrected chi connectivity index (χ3v) is 6.63. The molecule has 1 aromatic carbocycles. The van der Waals surface area contributed by atoms with Gasteiger partial charge in [0, 0.05) is 50.1 Å². The number of amides is 3. The van der Waals surface area contributed by atoms with Crippen molar-refractivity contribution in [2.24, 2.45) is 5.92 Å². The maximum atomic E-state index is 12.9. The van der Waals surface area contributed by atoms with Crippen LogP contribution in [-0.2, 0) is 27.4 Å². The molecule has 154 valence electrons. The standard InChI is InChI=1S/C21H26N4O4/c26-19-5-4-17(20(27)24-19)25-10-16-12(2-1-3-15(16)21(25)28)9-23-14-6-18(29-11-14)13-7-22-8-13/h1-3,13-14,17-18,22-23H,4-11H2,(H,24,26,27). The molecular weight excluding hydrogens is 372 g/mol. The van der Waals surface area contributed by atoms with Gasteiger partial charge in [-0.3, -0.25) is 19.7 Å². The number of carbonyl (C=O) groups is 3. The van der Waals surface area contributed by atoms with E-state index in [1.807, 2.05) is 18.2 Å². The van der Waals surface area contributed by atoms with E-state index in [1.54, 1.807) is 4.90 Å². The van der Waals surface area contributed by atoms with E-state index in [-0.39, 0.29) is 24.1 Å². The molecule has 3 atom stereocenters. The predicted octanol–water partition coefficient (Wildman–Crippen LogP) is -0.0859. The van der Waals surface area contributed by atoms with Gasteiger partial charge < -0.3 is 20.3 Å². The zero-order valence-electron chi connectivity index (χ0n) is 16.3. The molecule has 0 bridgehead atoms. The Bertz CT molecular complexity index is 853. The molecule has 4 aliphatic heterocycles. The van der Waals surface area contributed by atoms with Crippen LogP contribution in [0.15, 0.2) is 18.2 Å². The van der Waals surface area contributed by atoms with Crippen LogP contribution in [0.4, 0.5) is 0 Å². The van der Waals surface area contributed by atoms with Crippen molar-refractivity contribution in [3.63, 3.8) is 0 Å². The summed E-state index contributed by atoms with van der Waals surface area (Å²) in [6, 6.07) is 5.50. The van der Waals surface area contributed by atoms with E-state index in [0.717, 1.165) is 37.2 Å². The molecule has 3 fully saturated rings. The first-order chi connectivity index (χ1) is 14.1. The first-order valence-electron chi connectivity index (χ1n) is 10.4. The second-order valence-corrected chi connectivity index (χ2v) is 8.45. The van der Waals surface area contributed by atoms with Crippen molar-refractivity contribution >= 4 is 17.7 Å². The molecule has 3 unspecified atom stereocenters. The number of imide groups is 1. The summed E-state index contributed by atoms with van der Waals surface area (Å²) in [4.78, 5) is 38.2. The maximum Gasteiger partial charge on any atom is 0.255 e. The molecule has 1 aromatic rings. The average molecular weight is 398 g/mol. The fraction of sp³-hybridized carbons (Fsp3) is 0.571. The summed E-state index contributed by atoms with van der Waals surface area (Å²) in [5, 5.41) is 9.23. The molecule has 4 aliphatic rings. The van der Waals surface area contributed by atoms with E-state index in [9.17, 15) is 14.4 Å². The van der Waals surface area contributed by atoms with Gasteiger partial charge in [0.25, 0.3) is 5.91 Å². The predicted molar refractivity (Wildman–Crippen MR) is 104 cm³/mol. The number of nitrogens with one attached hydrogen (secondary N) is 3. The Balaban J connectivity index is 1.25. The van der Waals surface area contributed by atoms with Gasteiger partial charge >= 0.3 is 0 Å². The van der Waals surface area contributed by atoms with Crippen LogP contribution in [0.5, 0.6) is 0 Å². The van der Waals surface area contributed by atoms with Crippen LogP contribution >= 0.6 is 0 Å². The van der Waals surface area contributed by atoms with E-state index in [2.05, 4.69) is 16.0 Å². The number of piperidine rings is 1. The Labute approximate surface area is 169 Å². The second-order valence-electron chi connectivity index (χ2n) is 8.45. The van der Waals surface area contributed by atoms with E-state index >= 15 is 0 Å². The van der Waals surface area contributed by atoms with Gasteiger partial charge in [0.1, 0.15) is 6.04 Å². The number of benzene rings is 1. The SMILES string of the molecule is O=C1CCC(N2Cc3c(CNC4COC(C5CNC5)C4)cccc3C2=O)C(=O)N1. The van der Waals surface area contributed by atoms with Crippen LogP contribution in [0.2, 0.25) is 0 Å². The summed E-state index contributed by atoms with van der Waals surface area (Å²) in [6.07, 6.45) is 2.00. The van der Waals surface area contributed by atoms with Crippen molar-refractivity contribution in [3.05, 3.63) is 34.9 Å². The van der Waals surface area contributed by atoms with Gasteiger partial charge in [-0.2, -0.15) is 0 Å². The van der Waals surface area contributed by atoms with Gasteiger partial charge in [-0.15, -0.1) is 0 Å². The zero-order valence-corrected chi connectivity index (χ0v) is 16.3. The van der Waals surface area contributed by atoms with Crippen LogP contribution < -0.4 is 16.0 Å². The minimum atomic E-state index is -0.575. The highest BCUT2D eigenvalue weighted by Gasteiger charge is 2.40. The summed E-state index contributed by atoms with van der Waals surface area (Å²) in [5.41, 5.74) is 2.72. The highest BCUT2D eigenvalue weighted by Crippen LogP contribution is 2.30. The third kappa shape index (κ3) is 3.45. The smallest absolute Gasteiger partial charge is 0.255 e. The summed E-state index contributed by atoms with van der Waals surface area (Å²) >= 11 is 0. The first-order valence-corrected chi connectivity index (χ1v) is 10.4. The minimum absolute atomic E-state index is 0.127. The number of carbonyl (C=O) groups excluding carboxylic acids is 3. The Morgan fingerprint density at radius 1 is 1.21 bits per heavy atom. The van der Waals surface area contributed by atoms with E-state index in [4.69, 9.17) is 4.74 Å². The molecule has 29 heavy (non-hydrogen) atoms. The van der Waals surface area contributed by atoms with Crippen LogP contribution in [0.3, 0.4) is 0 Å². The van der Waals surface area contributed by atoms with Crippen molar-refractivity contribution < 1.29 is 19.1 Å². The second kappa shape index (κ2) is 7.51. The summed E-state index contributed by atoms with van der Waals surface area (Å²) in [6.45, 7) is 3.89. The topological polar surface area (TPSA) is 99.8 Å². The van der Waals surface area contributed by atoms with E-state index in [0.29, 0.717) is 43.1 Å². The van der Waals surface area contributed by atoms with Crippen LogP contribution in [0, 0.1) is 5.92 Å². The van der Waals surface area contributed by atoms with Crippen molar-refractivity contribution in [2.75, 3.05) is 19.7 Å². The number of fused-ring (bicyclic) bond motifs is 1. The van der Waals surface area contributed by atoms with Crippen molar-refractivity contribution in [3.8, 4) is 0 Å². The lowest BCUT2D eigenvalue weighted by Gasteiger charge is -2.31. The largest absolute Gasteiger partial charge is 0.376 e. The monoisotopic (exact) mass is 398 g/mol. The number of rotatable bonds is 5. The molecule has 8 heteroatoms. The first kappa shape index (κ1) is 18.7. The number of hydrogen-bond acceptors (Lipinski definition) is 6. The molecule has 3 N–H and O–H groups in total. The highest BCUT2D eigenvalue weighted by atomic mass is 16.5. The Kier molecular flexibility index (Phi) is 4.85. The van der Waals surface area contributed by atoms with Crippen molar-refractivity contribution in [2.45, 2.75) is 50.5 Å². The fourth-order valence-corrected chi connectivity index (χ4v) is 4.77. The molecule has 8 nitrogen and oxygen atoms in total. The van der Waals surface area contributed by atoms with Gasteiger partial charge in [-0.25, -0.2) is 0 Å².